The van der Waals surface area contributed by atoms with Gasteiger partial charge in [0.25, 0.3) is 0 Å². The van der Waals surface area contributed by atoms with Gasteiger partial charge in [-0.25, -0.2) is 0 Å². The largest absolute Gasteiger partial charge is 0.358 e. The van der Waals surface area contributed by atoms with Crippen molar-refractivity contribution in [2.24, 2.45) is 5.41 Å². The molecular formula is C13H27N3O2. The molecule has 0 aromatic heterocycles. The molecular weight excluding hydrogens is 230 g/mol. The fourth-order valence-corrected chi connectivity index (χ4v) is 2.35. The molecule has 5 heteroatoms. The lowest BCUT2D eigenvalue weighted by atomic mass is 9.86. The predicted octanol–water partition coefficient (Wildman–Crippen LogP) is 0.271. The molecule has 2 fully saturated rings. The van der Waals surface area contributed by atoms with E-state index in [0.29, 0.717) is 18.8 Å². The quantitative estimate of drug-likeness (QED) is 0.678. The summed E-state index contributed by atoms with van der Waals surface area (Å²) in [6.07, 6.45) is 0.424. The maximum Gasteiger partial charge on any atom is 0.132 e. The topological polar surface area (TPSA) is 54.5 Å². The van der Waals surface area contributed by atoms with E-state index in [1.807, 2.05) is 0 Å². The summed E-state index contributed by atoms with van der Waals surface area (Å²) in [5.41, 5.74) is 0.281. The Morgan fingerprint density at radius 3 is 2.39 bits per heavy atom. The van der Waals surface area contributed by atoms with Crippen molar-refractivity contribution in [2.45, 2.75) is 52.3 Å². The number of ether oxygens (including phenoxy) is 2. The van der Waals surface area contributed by atoms with Crippen LogP contribution in [0.2, 0.25) is 0 Å². The van der Waals surface area contributed by atoms with Crippen LogP contribution in [0.5, 0.6) is 0 Å². The van der Waals surface area contributed by atoms with Crippen molar-refractivity contribution in [1.29, 1.82) is 0 Å². The first-order valence-electron chi connectivity index (χ1n) is 6.92. The number of rotatable bonds is 3. The third kappa shape index (κ3) is 3.90. The van der Waals surface area contributed by atoms with Crippen LogP contribution in [0.4, 0.5) is 0 Å². The molecule has 0 spiro atoms. The van der Waals surface area contributed by atoms with Gasteiger partial charge in [0, 0.05) is 25.7 Å². The number of hydrogen-bond acceptors (Lipinski definition) is 5. The molecule has 0 radical (unpaired) electrons. The highest BCUT2D eigenvalue weighted by molar-refractivity contribution is 4.87. The third-order valence-electron chi connectivity index (χ3n) is 3.62. The normalized spacial score (nSPS) is 38.0. The fraction of sp³-hybridized carbons (Fsp3) is 1.00. The summed E-state index contributed by atoms with van der Waals surface area (Å²) in [7, 11) is 0. The molecule has 2 rings (SSSR count). The van der Waals surface area contributed by atoms with Gasteiger partial charge in [0.15, 0.2) is 0 Å². The van der Waals surface area contributed by atoms with Crippen molar-refractivity contribution in [3.05, 3.63) is 0 Å². The van der Waals surface area contributed by atoms with E-state index in [2.05, 4.69) is 43.6 Å². The van der Waals surface area contributed by atoms with Gasteiger partial charge in [-0.3, -0.25) is 10.6 Å². The van der Waals surface area contributed by atoms with E-state index in [0.717, 1.165) is 19.6 Å². The number of nitrogens with one attached hydrogen (secondary N) is 3. The van der Waals surface area contributed by atoms with Crippen LogP contribution in [-0.2, 0) is 9.47 Å². The Bertz CT molecular complexity index is 259. The molecule has 2 aliphatic rings. The molecule has 0 amide bonds. The first-order chi connectivity index (χ1) is 8.45. The van der Waals surface area contributed by atoms with Crippen molar-refractivity contribution < 1.29 is 9.47 Å². The Balaban J connectivity index is 1.65. The summed E-state index contributed by atoms with van der Waals surface area (Å²) in [4.78, 5) is 0. The van der Waals surface area contributed by atoms with Gasteiger partial charge in [-0.2, -0.15) is 0 Å². The summed E-state index contributed by atoms with van der Waals surface area (Å²) in [5.74, 6) is 0. The van der Waals surface area contributed by atoms with Crippen LogP contribution in [0.25, 0.3) is 0 Å². The molecule has 5 nitrogen and oxygen atoms in total. The van der Waals surface area contributed by atoms with E-state index < -0.39 is 0 Å². The molecule has 0 aromatic rings. The molecule has 0 aromatic carbocycles. The standard InChI is InChI=1S/C13H27N3O2/c1-9-5-15-12(18-9)8-17-11-7-14-10(6-16-11)13(2,3)4/h9-12,14-16H,5-8H2,1-4H3. The Hall–Kier alpha value is -0.200. The summed E-state index contributed by atoms with van der Waals surface area (Å²) >= 11 is 0. The maximum atomic E-state index is 5.82. The zero-order chi connectivity index (χ0) is 13.2. The van der Waals surface area contributed by atoms with E-state index in [1.54, 1.807) is 0 Å². The van der Waals surface area contributed by atoms with Crippen molar-refractivity contribution in [3.63, 3.8) is 0 Å². The molecule has 4 atom stereocenters. The average Bonchev–Trinajstić information content (AvgIpc) is 2.72. The molecule has 106 valence electrons. The van der Waals surface area contributed by atoms with Crippen LogP contribution in [0.15, 0.2) is 0 Å². The summed E-state index contributed by atoms with van der Waals surface area (Å²) in [5, 5.41) is 10.3. The second-order valence-electron chi connectivity index (χ2n) is 6.40. The van der Waals surface area contributed by atoms with Gasteiger partial charge < -0.3 is 14.8 Å². The van der Waals surface area contributed by atoms with Crippen molar-refractivity contribution in [2.75, 3.05) is 26.2 Å². The van der Waals surface area contributed by atoms with E-state index in [1.165, 1.54) is 0 Å². The minimum absolute atomic E-state index is 0.0436. The van der Waals surface area contributed by atoms with Gasteiger partial charge in [0.1, 0.15) is 12.5 Å². The summed E-state index contributed by atoms with van der Waals surface area (Å²) in [6.45, 7) is 12.1. The Morgan fingerprint density at radius 2 is 1.89 bits per heavy atom. The van der Waals surface area contributed by atoms with Crippen molar-refractivity contribution in [1.82, 2.24) is 16.0 Å². The van der Waals surface area contributed by atoms with Gasteiger partial charge >= 0.3 is 0 Å². The molecule has 3 N–H and O–H groups in total. The third-order valence-corrected chi connectivity index (χ3v) is 3.62. The predicted molar refractivity (Wildman–Crippen MR) is 71.3 cm³/mol. The van der Waals surface area contributed by atoms with Crippen LogP contribution < -0.4 is 16.0 Å². The minimum atomic E-state index is 0.0436. The first-order valence-corrected chi connectivity index (χ1v) is 6.92. The smallest absolute Gasteiger partial charge is 0.132 e. The molecule has 4 unspecified atom stereocenters. The number of piperazine rings is 1. The highest BCUT2D eigenvalue weighted by Gasteiger charge is 2.30. The molecule has 18 heavy (non-hydrogen) atoms. The molecule has 0 bridgehead atoms. The highest BCUT2D eigenvalue weighted by atomic mass is 16.6. The van der Waals surface area contributed by atoms with Gasteiger partial charge in [-0.1, -0.05) is 20.8 Å². The molecule has 2 heterocycles. The SMILES string of the molecule is CC1CNC(COC2CNC(C(C)(C)C)CN2)O1. The van der Waals surface area contributed by atoms with Crippen LogP contribution >= 0.6 is 0 Å². The lowest BCUT2D eigenvalue weighted by Crippen LogP contribution is -2.59. The first kappa shape index (κ1) is 14.2. The molecule has 0 aliphatic carbocycles. The summed E-state index contributed by atoms with van der Waals surface area (Å²) < 4.78 is 11.5. The molecule has 2 saturated heterocycles. The van der Waals surface area contributed by atoms with Crippen molar-refractivity contribution >= 4 is 0 Å². The van der Waals surface area contributed by atoms with E-state index in [-0.39, 0.29) is 17.9 Å². The average molecular weight is 257 g/mol. The minimum Gasteiger partial charge on any atom is -0.358 e. The lowest BCUT2D eigenvalue weighted by Gasteiger charge is -2.38. The zero-order valence-electron chi connectivity index (χ0n) is 12.0. The fourth-order valence-electron chi connectivity index (χ4n) is 2.35. The van der Waals surface area contributed by atoms with Gasteiger partial charge in [0.2, 0.25) is 0 Å². The number of hydrogen-bond donors (Lipinski definition) is 3. The van der Waals surface area contributed by atoms with Crippen LogP contribution in [0.3, 0.4) is 0 Å². The van der Waals surface area contributed by atoms with E-state index in [4.69, 9.17) is 9.47 Å². The Morgan fingerprint density at radius 1 is 1.11 bits per heavy atom. The van der Waals surface area contributed by atoms with Crippen molar-refractivity contribution in [3.8, 4) is 0 Å². The van der Waals surface area contributed by atoms with Crippen LogP contribution in [0, 0.1) is 5.41 Å². The zero-order valence-corrected chi connectivity index (χ0v) is 12.0. The monoisotopic (exact) mass is 257 g/mol. The molecule has 2 aliphatic heterocycles. The Labute approximate surface area is 110 Å². The highest BCUT2D eigenvalue weighted by Crippen LogP contribution is 2.20. The Kier molecular flexibility index (Phi) is 4.61. The maximum absolute atomic E-state index is 5.82. The van der Waals surface area contributed by atoms with Gasteiger partial charge in [0.05, 0.1) is 12.7 Å². The second-order valence-corrected chi connectivity index (χ2v) is 6.40. The van der Waals surface area contributed by atoms with Gasteiger partial charge in [-0.15, -0.1) is 0 Å². The van der Waals surface area contributed by atoms with Gasteiger partial charge in [-0.05, 0) is 12.3 Å². The van der Waals surface area contributed by atoms with E-state index in [9.17, 15) is 0 Å². The summed E-state index contributed by atoms with van der Waals surface area (Å²) in [6, 6.07) is 0.498. The molecule has 0 saturated carbocycles. The van der Waals surface area contributed by atoms with Crippen LogP contribution in [-0.4, -0.2) is 50.8 Å². The second kappa shape index (κ2) is 5.84. The van der Waals surface area contributed by atoms with Crippen LogP contribution in [0.1, 0.15) is 27.7 Å². The van der Waals surface area contributed by atoms with E-state index >= 15 is 0 Å². The lowest BCUT2D eigenvalue weighted by molar-refractivity contribution is -0.0610.